The number of carbonyl (C=O) groups is 2. The molecule has 0 spiro atoms. The molecule has 1 amide bonds. The second-order valence-electron chi connectivity index (χ2n) is 7.82. The number of halogens is 1. The highest BCUT2D eigenvalue weighted by Crippen LogP contribution is 2.41. The van der Waals surface area contributed by atoms with Gasteiger partial charge >= 0.3 is 5.97 Å². The van der Waals surface area contributed by atoms with Crippen LogP contribution in [-0.4, -0.2) is 28.0 Å². The molecule has 1 aliphatic rings. The minimum Gasteiger partial charge on any atom is -0.466 e. The molecule has 1 N–H and O–H groups in total. The molecular formula is C23H24FN3O4S. The van der Waals surface area contributed by atoms with Gasteiger partial charge < -0.3 is 10.1 Å². The summed E-state index contributed by atoms with van der Waals surface area (Å²) in [5.74, 6) is -1.25. The number of nitrogens with one attached hydrogen (secondary N) is 1. The number of aryl methyl sites for hydroxylation is 2. The lowest BCUT2D eigenvalue weighted by Gasteiger charge is -2.22. The first-order valence-electron chi connectivity index (χ1n) is 10.6. The van der Waals surface area contributed by atoms with Crippen LogP contribution in [0.3, 0.4) is 0 Å². The van der Waals surface area contributed by atoms with Crippen molar-refractivity contribution in [2.24, 2.45) is 0 Å². The fourth-order valence-electron chi connectivity index (χ4n) is 4.23. The van der Waals surface area contributed by atoms with E-state index in [-0.39, 0.29) is 18.1 Å². The number of rotatable bonds is 5. The molecule has 7 nitrogen and oxygen atoms in total. The third-order valence-corrected chi connectivity index (χ3v) is 6.90. The Balaban J connectivity index is 1.76. The zero-order valence-electron chi connectivity index (χ0n) is 18.1. The Hall–Kier alpha value is -3.07. The Morgan fingerprint density at radius 2 is 2.06 bits per heavy atom. The Kier molecular flexibility index (Phi) is 6.10. The SMILES string of the molecule is CCOC(=O)C1CCCc2sc3nc(C)n(C(C)C(=O)Nc4ccc(F)cc4)c(=O)c3c21. The van der Waals surface area contributed by atoms with Crippen molar-refractivity contribution in [3.05, 3.63) is 56.7 Å². The molecule has 168 valence electrons. The van der Waals surface area contributed by atoms with Gasteiger partial charge in [0.05, 0.1) is 17.9 Å². The number of esters is 1. The Bertz CT molecular complexity index is 1250. The molecular weight excluding hydrogens is 433 g/mol. The summed E-state index contributed by atoms with van der Waals surface area (Å²) in [7, 11) is 0. The smallest absolute Gasteiger partial charge is 0.313 e. The van der Waals surface area contributed by atoms with Gasteiger partial charge in [-0.3, -0.25) is 19.0 Å². The van der Waals surface area contributed by atoms with Crippen LogP contribution < -0.4 is 10.9 Å². The first kappa shape index (κ1) is 22.1. The van der Waals surface area contributed by atoms with Crippen LogP contribution in [0.25, 0.3) is 10.2 Å². The number of benzene rings is 1. The monoisotopic (exact) mass is 457 g/mol. The van der Waals surface area contributed by atoms with Gasteiger partial charge in [0.25, 0.3) is 5.56 Å². The molecule has 2 atom stereocenters. The number of fused-ring (bicyclic) bond motifs is 3. The van der Waals surface area contributed by atoms with Crippen LogP contribution in [0.15, 0.2) is 29.1 Å². The molecule has 0 bridgehead atoms. The van der Waals surface area contributed by atoms with Gasteiger partial charge in [-0.05, 0) is 69.9 Å². The zero-order valence-corrected chi connectivity index (χ0v) is 18.9. The highest BCUT2D eigenvalue weighted by Gasteiger charge is 2.34. The average Bonchev–Trinajstić information content (AvgIpc) is 3.13. The third kappa shape index (κ3) is 3.92. The predicted octanol–water partition coefficient (Wildman–Crippen LogP) is 4.09. The summed E-state index contributed by atoms with van der Waals surface area (Å²) in [6.45, 7) is 5.33. The van der Waals surface area contributed by atoms with Gasteiger partial charge in [0.2, 0.25) is 5.91 Å². The molecule has 0 fully saturated rings. The molecule has 2 aromatic heterocycles. The molecule has 4 rings (SSSR count). The van der Waals surface area contributed by atoms with Gasteiger partial charge in [0, 0.05) is 10.6 Å². The topological polar surface area (TPSA) is 90.3 Å². The number of aromatic nitrogens is 2. The molecule has 9 heteroatoms. The lowest BCUT2D eigenvalue weighted by molar-refractivity contribution is -0.145. The van der Waals surface area contributed by atoms with E-state index in [4.69, 9.17) is 4.74 Å². The Morgan fingerprint density at radius 3 is 2.75 bits per heavy atom. The van der Waals surface area contributed by atoms with Crippen LogP contribution in [0.5, 0.6) is 0 Å². The predicted molar refractivity (Wildman–Crippen MR) is 121 cm³/mol. The maximum absolute atomic E-state index is 13.6. The van der Waals surface area contributed by atoms with Crippen molar-refractivity contribution in [1.29, 1.82) is 0 Å². The Morgan fingerprint density at radius 1 is 1.34 bits per heavy atom. The van der Waals surface area contributed by atoms with E-state index in [2.05, 4.69) is 10.3 Å². The number of carbonyl (C=O) groups excluding carboxylic acids is 2. The zero-order chi connectivity index (χ0) is 23.0. The van der Waals surface area contributed by atoms with Gasteiger partial charge in [-0.1, -0.05) is 0 Å². The van der Waals surface area contributed by atoms with Crippen LogP contribution in [-0.2, 0) is 20.7 Å². The lowest BCUT2D eigenvalue weighted by Crippen LogP contribution is -2.34. The molecule has 2 heterocycles. The molecule has 0 radical (unpaired) electrons. The van der Waals surface area contributed by atoms with Gasteiger partial charge in [0.1, 0.15) is 22.5 Å². The van der Waals surface area contributed by atoms with E-state index in [0.29, 0.717) is 33.7 Å². The molecule has 1 aromatic carbocycles. The van der Waals surface area contributed by atoms with E-state index in [1.807, 2.05) is 0 Å². The number of hydrogen-bond acceptors (Lipinski definition) is 6. The summed E-state index contributed by atoms with van der Waals surface area (Å²) in [5, 5.41) is 3.10. The van der Waals surface area contributed by atoms with Gasteiger partial charge in [-0.25, -0.2) is 9.37 Å². The molecule has 1 aliphatic carbocycles. The van der Waals surface area contributed by atoms with E-state index in [9.17, 15) is 18.8 Å². The summed E-state index contributed by atoms with van der Waals surface area (Å²) in [4.78, 5) is 45.2. The van der Waals surface area contributed by atoms with E-state index in [1.54, 1.807) is 20.8 Å². The summed E-state index contributed by atoms with van der Waals surface area (Å²) >= 11 is 1.43. The number of thiophene rings is 1. The van der Waals surface area contributed by atoms with Crippen molar-refractivity contribution in [3.8, 4) is 0 Å². The van der Waals surface area contributed by atoms with Gasteiger partial charge in [0.15, 0.2) is 0 Å². The standard InChI is InChI=1S/C23H24FN3O4S/c1-4-31-23(30)16-6-5-7-17-18(16)19-21(32-17)25-13(3)27(22(19)29)12(2)20(28)26-15-10-8-14(24)9-11-15/h8-12,16H,4-7H2,1-3H3,(H,26,28). The molecule has 3 aromatic rings. The molecule has 32 heavy (non-hydrogen) atoms. The Labute approximate surface area is 188 Å². The summed E-state index contributed by atoms with van der Waals surface area (Å²) in [6.07, 6.45) is 2.24. The fraction of sp³-hybridized carbons (Fsp3) is 0.391. The van der Waals surface area contributed by atoms with Crippen molar-refractivity contribution in [3.63, 3.8) is 0 Å². The maximum Gasteiger partial charge on any atom is 0.313 e. The highest BCUT2D eigenvalue weighted by atomic mass is 32.1. The molecule has 0 saturated heterocycles. The quantitative estimate of drug-likeness (QED) is 0.583. The lowest BCUT2D eigenvalue weighted by atomic mass is 9.86. The van der Waals surface area contributed by atoms with E-state index < -0.39 is 23.7 Å². The number of ether oxygens (including phenoxy) is 1. The summed E-state index contributed by atoms with van der Waals surface area (Å²) in [5.41, 5.74) is 0.785. The second-order valence-corrected chi connectivity index (χ2v) is 8.91. The van der Waals surface area contributed by atoms with Crippen molar-refractivity contribution in [2.75, 3.05) is 11.9 Å². The third-order valence-electron chi connectivity index (χ3n) is 5.74. The number of nitrogens with zero attached hydrogens (tertiary/aromatic N) is 2. The molecule has 2 unspecified atom stereocenters. The van der Waals surface area contributed by atoms with Crippen LogP contribution in [0.4, 0.5) is 10.1 Å². The molecule has 0 saturated carbocycles. The van der Waals surface area contributed by atoms with E-state index in [0.717, 1.165) is 17.7 Å². The summed E-state index contributed by atoms with van der Waals surface area (Å²) < 4.78 is 19.8. The number of anilines is 1. The van der Waals surface area contributed by atoms with E-state index >= 15 is 0 Å². The van der Waals surface area contributed by atoms with Crippen molar-refractivity contribution in [1.82, 2.24) is 9.55 Å². The van der Waals surface area contributed by atoms with Crippen molar-refractivity contribution < 1.29 is 18.7 Å². The fourth-order valence-corrected chi connectivity index (χ4v) is 5.54. The number of hydrogen-bond donors (Lipinski definition) is 1. The summed E-state index contributed by atoms with van der Waals surface area (Å²) in [6, 6.07) is 4.55. The van der Waals surface area contributed by atoms with Crippen LogP contribution in [0, 0.1) is 12.7 Å². The van der Waals surface area contributed by atoms with Gasteiger partial charge in [-0.15, -0.1) is 11.3 Å². The minimum absolute atomic E-state index is 0.273. The second kappa shape index (κ2) is 8.82. The van der Waals surface area contributed by atoms with Crippen LogP contribution >= 0.6 is 11.3 Å². The maximum atomic E-state index is 13.6. The van der Waals surface area contributed by atoms with Crippen molar-refractivity contribution >= 4 is 39.1 Å². The largest absolute Gasteiger partial charge is 0.466 e. The normalized spacial score (nSPS) is 16.4. The first-order valence-corrected chi connectivity index (χ1v) is 11.4. The first-order chi connectivity index (χ1) is 15.3. The minimum atomic E-state index is -0.857. The van der Waals surface area contributed by atoms with Crippen LogP contribution in [0.2, 0.25) is 0 Å². The van der Waals surface area contributed by atoms with Crippen molar-refractivity contribution in [2.45, 2.75) is 52.0 Å². The highest BCUT2D eigenvalue weighted by molar-refractivity contribution is 7.18. The molecule has 0 aliphatic heterocycles. The number of amides is 1. The van der Waals surface area contributed by atoms with E-state index in [1.165, 1.54) is 40.2 Å². The van der Waals surface area contributed by atoms with Gasteiger partial charge in [-0.2, -0.15) is 0 Å². The average molecular weight is 458 g/mol. The van der Waals surface area contributed by atoms with Crippen LogP contribution in [0.1, 0.15) is 54.9 Å².